The topological polar surface area (TPSA) is 81.0 Å². The van der Waals surface area contributed by atoms with Crippen LogP contribution in [0.25, 0.3) is 34.5 Å². The lowest BCUT2D eigenvalue weighted by atomic mass is 10.0. The third kappa shape index (κ3) is 6.23. The fourth-order valence-electron chi connectivity index (χ4n) is 4.30. The number of halogens is 2. The predicted octanol–water partition coefficient (Wildman–Crippen LogP) is 8.18. The van der Waals surface area contributed by atoms with E-state index < -0.39 is 0 Å². The molecule has 0 atom stereocenters. The van der Waals surface area contributed by atoms with Gasteiger partial charge in [0.15, 0.2) is 0 Å². The zero-order valence-electron chi connectivity index (χ0n) is 21.1. The zero-order chi connectivity index (χ0) is 27.4. The van der Waals surface area contributed by atoms with Crippen molar-refractivity contribution in [2.45, 2.75) is 6.42 Å². The molecule has 0 saturated carbocycles. The van der Waals surface area contributed by atoms with E-state index in [0.29, 0.717) is 27.9 Å². The molecule has 0 fully saturated rings. The van der Waals surface area contributed by atoms with Crippen LogP contribution in [0.15, 0.2) is 91.0 Å². The molecular weight excluding hydrogens is 529 g/mol. The van der Waals surface area contributed by atoms with Crippen molar-refractivity contribution in [2.24, 2.45) is 0 Å². The summed E-state index contributed by atoms with van der Waals surface area (Å²) in [6, 6.07) is 28.7. The van der Waals surface area contributed by atoms with Gasteiger partial charge in [0.1, 0.15) is 5.82 Å². The Bertz CT molecular complexity index is 1660. The fraction of sp³-hybridized carbons (Fsp3) is 0.0625. The number of nitrogens with zero attached hydrogens (tertiary/aromatic N) is 1. The van der Waals surface area contributed by atoms with Gasteiger partial charge in [0.25, 0.3) is 0 Å². The van der Waals surface area contributed by atoms with Crippen LogP contribution in [0, 0.1) is 0 Å². The molecule has 4 aromatic carbocycles. The second-order valence-corrected chi connectivity index (χ2v) is 9.86. The number of aromatic amines is 1. The number of aromatic nitrogens is 2. The average Bonchev–Trinajstić information content (AvgIpc) is 3.34. The summed E-state index contributed by atoms with van der Waals surface area (Å²) >= 11 is 12.7. The summed E-state index contributed by atoms with van der Waals surface area (Å²) in [5.74, 6) is 0.321. The van der Waals surface area contributed by atoms with Crippen LogP contribution in [0.3, 0.4) is 0 Å². The lowest BCUT2D eigenvalue weighted by Crippen LogP contribution is -2.01. The summed E-state index contributed by atoms with van der Waals surface area (Å²) in [6.07, 6.45) is 4.50. The van der Waals surface area contributed by atoms with E-state index in [1.54, 1.807) is 24.3 Å². The van der Waals surface area contributed by atoms with E-state index in [9.17, 15) is 4.79 Å². The second kappa shape index (κ2) is 11.6. The summed E-state index contributed by atoms with van der Waals surface area (Å²) in [7, 11) is 1.37. The van der Waals surface area contributed by atoms with Gasteiger partial charge in [-0.3, -0.25) is 0 Å². The third-order valence-corrected chi connectivity index (χ3v) is 6.85. The van der Waals surface area contributed by atoms with Crippen LogP contribution in [-0.2, 0) is 11.2 Å². The van der Waals surface area contributed by atoms with Gasteiger partial charge >= 0.3 is 5.97 Å². The fourth-order valence-corrected chi connectivity index (χ4v) is 4.80. The summed E-state index contributed by atoms with van der Waals surface area (Å²) in [4.78, 5) is 20.1. The molecule has 1 aromatic heterocycles. The smallest absolute Gasteiger partial charge is 0.337 e. The van der Waals surface area contributed by atoms with Crippen molar-refractivity contribution < 1.29 is 9.53 Å². The van der Waals surface area contributed by atoms with E-state index in [4.69, 9.17) is 38.7 Å². The van der Waals surface area contributed by atoms with Gasteiger partial charge < -0.3 is 15.5 Å². The number of nitrogen functional groups attached to an aromatic ring is 1. The van der Waals surface area contributed by atoms with Gasteiger partial charge in [0, 0.05) is 28.4 Å². The van der Waals surface area contributed by atoms with Crippen molar-refractivity contribution in [1.29, 1.82) is 0 Å². The standard InChI is InChI=1S/C32H25Cl2N3O2/c1-39-32(38)23-12-7-21(8-13-23)17-29-31(27-15-14-25(33)19-28(27)34)37-30(36-29)16-9-20-5-10-22(11-6-20)24-3-2-4-26(35)18-24/h2-16,18-19H,17,35H2,1H3,(H,36,37). The average molecular weight is 554 g/mol. The Morgan fingerprint density at radius 3 is 2.38 bits per heavy atom. The van der Waals surface area contributed by atoms with E-state index in [0.717, 1.165) is 44.9 Å². The highest BCUT2D eigenvalue weighted by atomic mass is 35.5. The van der Waals surface area contributed by atoms with Crippen LogP contribution in [0.4, 0.5) is 5.69 Å². The highest BCUT2D eigenvalue weighted by Gasteiger charge is 2.16. The van der Waals surface area contributed by atoms with Crippen LogP contribution < -0.4 is 5.73 Å². The third-order valence-electron chi connectivity index (χ3n) is 6.30. The molecule has 3 N–H and O–H groups in total. The number of benzene rings is 4. The second-order valence-electron chi connectivity index (χ2n) is 9.02. The molecule has 0 bridgehead atoms. The number of rotatable bonds is 7. The largest absolute Gasteiger partial charge is 0.465 e. The maximum Gasteiger partial charge on any atom is 0.337 e. The number of imidazole rings is 1. The van der Waals surface area contributed by atoms with Gasteiger partial charge in [-0.15, -0.1) is 0 Å². The Hall–Kier alpha value is -4.32. The van der Waals surface area contributed by atoms with Crippen LogP contribution in [-0.4, -0.2) is 23.0 Å². The van der Waals surface area contributed by atoms with Gasteiger partial charge in [-0.05, 0) is 70.8 Å². The van der Waals surface area contributed by atoms with Gasteiger partial charge in [-0.2, -0.15) is 0 Å². The molecule has 5 nitrogen and oxygen atoms in total. The number of carbonyl (C=O) groups excluding carboxylic acids is 1. The maximum absolute atomic E-state index is 11.8. The number of hydrogen-bond acceptors (Lipinski definition) is 4. The van der Waals surface area contributed by atoms with Crippen molar-refractivity contribution >= 4 is 47.0 Å². The number of nitrogens with one attached hydrogen (secondary N) is 1. The highest BCUT2D eigenvalue weighted by molar-refractivity contribution is 6.36. The van der Waals surface area contributed by atoms with Crippen molar-refractivity contribution in [3.05, 3.63) is 129 Å². The SMILES string of the molecule is COC(=O)c1ccc(Cc2[nH]c(C=Cc3ccc(-c4cccc(N)c4)cc3)nc2-c2ccc(Cl)cc2Cl)cc1. The van der Waals surface area contributed by atoms with Crippen LogP contribution in [0.1, 0.15) is 33.0 Å². The lowest BCUT2D eigenvalue weighted by molar-refractivity contribution is 0.0600. The van der Waals surface area contributed by atoms with Gasteiger partial charge in [-0.25, -0.2) is 9.78 Å². The molecule has 1 heterocycles. The van der Waals surface area contributed by atoms with Crippen LogP contribution in [0.5, 0.6) is 0 Å². The molecular formula is C32H25Cl2N3O2. The minimum absolute atomic E-state index is 0.370. The summed E-state index contributed by atoms with van der Waals surface area (Å²) < 4.78 is 4.80. The number of hydrogen-bond donors (Lipinski definition) is 2. The molecule has 0 aliphatic carbocycles. The van der Waals surface area contributed by atoms with E-state index in [2.05, 4.69) is 29.2 Å². The number of carbonyl (C=O) groups is 1. The lowest BCUT2D eigenvalue weighted by Gasteiger charge is -2.06. The van der Waals surface area contributed by atoms with Gasteiger partial charge in [-0.1, -0.05) is 77.8 Å². The highest BCUT2D eigenvalue weighted by Crippen LogP contribution is 2.33. The molecule has 0 aliphatic heterocycles. The number of anilines is 1. The molecule has 5 aromatic rings. The van der Waals surface area contributed by atoms with Crippen molar-refractivity contribution in [1.82, 2.24) is 9.97 Å². The molecule has 0 unspecified atom stereocenters. The maximum atomic E-state index is 11.8. The minimum atomic E-state index is -0.370. The van der Waals surface area contributed by atoms with Gasteiger partial charge in [0.2, 0.25) is 0 Å². The normalized spacial score (nSPS) is 11.2. The summed E-state index contributed by atoms with van der Waals surface area (Å²) in [5.41, 5.74) is 13.8. The number of ether oxygens (including phenoxy) is 1. The first-order valence-electron chi connectivity index (χ1n) is 12.3. The van der Waals surface area contributed by atoms with E-state index >= 15 is 0 Å². The minimum Gasteiger partial charge on any atom is -0.465 e. The molecule has 7 heteroatoms. The Balaban J connectivity index is 1.43. The Morgan fingerprint density at radius 2 is 1.69 bits per heavy atom. The molecule has 0 spiro atoms. The van der Waals surface area contributed by atoms with E-state index in [1.807, 2.05) is 54.6 Å². The first-order chi connectivity index (χ1) is 18.9. The first-order valence-corrected chi connectivity index (χ1v) is 13.0. The molecule has 39 heavy (non-hydrogen) atoms. The molecule has 5 rings (SSSR count). The quantitative estimate of drug-likeness (QED) is 0.157. The number of esters is 1. The van der Waals surface area contributed by atoms with Crippen molar-refractivity contribution in [2.75, 3.05) is 12.8 Å². The zero-order valence-corrected chi connectivity index (χ0v) is 22.6. The summed E-state index contributed by atoms with van der Waals surface area (Å²) in [5, 5.41) is 1.07. The summed E-state index contributed by atoms with van der Waals surface area (Å²) in [6.45, 7) is 0. The molecule has 194 valence electrons. The molecule has 0 amide bonds. The van der Waals surface area contributed by atoms with Crippen molar-refractivity contribution in [3.8, 4) is 22.4 Å². The Labute approximate surface area is 236 Å². The molecule has 0 saturated heterocycles. The van der Waals surface area contributed by atoms with Crippen LogP contribution >= 0.6 is 23.2 Å². The monoisotopic (exact) mass is 553 g/mol. The van der Waals surface area contributed by atoms with Gasteiger partial charge in [0.05, 0.1) is 23.4 Å². The Morgan fingerprint density at radius 1 is 0.923 bits per heavy atom. The number of nitrogens with two attached hydrogens (primary N) is 1. The molecule has 0 aliphatic rings. The van der Waals surface area contributed by atoms with Crippen LogP contribution in [0.2, 0.25) is 10.0 Å². The predicted molar refractivity (Wildman–Crippen MR) is 160 cm³/mol. The Kier molecular flexibility index (Phi) is 7.82. The first kappa shape index (κ1) is 26.3. The van der Waals surface area contributed by atoms with E-state index in [1.165, 1.54) is 7.11 Å². The van der Waals surface area contributed by atoms with Crippen molar-refractivity contribution in [3.63, 3.8) is 0 Å². The molecule has 0 radical (unpaired) electrons. The number of methoxy groups -OCH3 is 1. The number of H-pyrrole nitrogens is 1. The van der Waals surface area contributed by atoms with E-state index in [-0.39, 0.29) is 5.97 Å².